The van der Waals surface area contributed by atoms with Crippen LogP contribution in [-0.4, -0.2) is 68.7 Å². The van der Waals surface area contributed by atoms with Gasteiger partial charge < -0.3 is 20.1 Å². The molecule has 1 aliphatic rings. The summed E-state index contributed by atoms with van der Waals surface area (Å²) in [6.07, 6.45) is 4.60. The maximum absolute atomic E-state index is 13.4. The van der Waals surface area contributed by atoms with Gasteiger partial charge in [-0.05, 0) is 55.4 Å². The molecule has 14 heteroatoms. The van der Waals surface area contributed by atoms with Gasteiger partial charge >= 0.3 is 7.82 Å². The molecule has 38 heavy (non-hydrogen) atoms. The first-order valence-corrected chi connectivity index (χ1v) is 13.8. The van der Waals surface area contributed by atoms with Crippen LogP contribution in [0.3, 0.4) is 0 Å². The molecule has 6 N–H and O–H groups in total. The summed E-state index contributed by atoms with van der Waals surface area (Å²) in [6.45, 7) is 4.43. The Morgan fingerprint density at radius 2 is 1.87 bits per heavy atom. The van der Waals surface area contributed by atoms with Crippen LogP contribution in [0.1, 0.15) is 51.5 Å². The topological polar surface area (TPSA) is 195 Å². The molecule has 0 spiro atoms. The van der Waals surface area contributed by atoms with Crippen LogP contribution in [0.5, 0.6) is 5.75 Å². The van der Waals surface area contributed by atoms with Gasteiger partial charge in [-0.25, -0.2) is 10.0 Å². The molecule has 13 nitrogen and oxygen atoms in total. The molecule has 0 bridgehead atoms. The number of hydrogen-bond donors (Lipinski definition) is 6. The number of phosphoric ester groups is 1. The van der Waals surface area contributed by atoms with Crippen molar-refractivity contribution in [2.24, 2.45) is 5.92 Å². The Kier molecular flexibility index (Phi) is 11.9. The van der Waals surface area contributed by atoms with Crippen LogP contribution in [0.4, 0.5) is 0 Å². The zero-order chi connectivity index (χ0) is 28.3. The summed E-state index contributed by atoms with van der Waals surface area (Å²) in [7, 11) is -4.67. The number of carbonyl (C=O) groups excluding carboxylic acids is 4. The summed E-state index contributed by atoms with van der Waals surface area (Å²) in [5.74, 6) is -1.69. The van der Waals surface area contributed by atoms with E-state index in [1.807, 2.05) is 13.8 Å². The van der Waals surface area contributed by atoms with E-state index >= 15 is 0 Å². The Morgan fingerprint density at radius 1 is 1.18 bits per heavy atom. The highest BCUT2D eigenvalue weighted by Gasteiger charge is 2.37. The van der Waals surface area contributed by atoms with E-state index in [2.05, 4.69) is 15.2 Å². The fraction of sp³-hybridized carbons (Fsp3) is 0.500. The summed E-state index contributed by atoms with van der Waals surface area (Å²) in [5.41, 5.74) is 2.09. The van der Waals surface area contributed by atoms with E-state index in [4.69, 9.17) is 15.0 Å². The SMILES string of the molecule is CC(C)C[C@H](NC(=O)/C=C/c1ccc(OP(=O)(O)O)cc1)C(=O)N1CCC[C@H]1C(=O)NCCCC(=O)NO. The molecule has 1 aliphatic heterocycles. The molecular formula is C24H35N4O9P. The number of nitrogens with one attached hydrogen (secondary N) is 3. The Morgan fingerprint density at radius 3 is 2.47 bits per heavy atom. The zero-order valence-corrected chi connectivity index (χ0v) is 22.2. The number of nitrogens with zero attached hydrogens (tertiary/aromatic N) is 1. The minimum atomic E-state index is -4.67. The first-order chi connectivity index (χ1) is 17.9. The second kappa shape index (κ2) is 14.6. The number of hydroxylamine groups is 1. The van der Waals surface area contributed by atoms with Crippen molar-refractivity contribution >= 4 is 37.5 Å². The largest absolute Gasteiger partial charge is 0.524 e. The number of likely N-dealkylation sites (tertiary alicyclic amines) is 1. The lowest BCUT2D eigenvalue weighted by Gasteiger charge is -2.29. The fourth-order valence-electron chi connectivity index (χ4n) is 4.00. The fourth-order valence-corrected chi connectivity index (χ4v) is 4.40. The van der Waals surface area contributed by atoms with Crippen molar-refractivity contribution in [3.05, 3.63) is 35.9 Å². The lowest BCUT2D eigenvalue weighted by atomic mass is 10.0. The number of rotatable bonds is 13. The van der Waals surface area contributed by atoms with Gasteiger partial charge in [0, 0.05) is 25.6 Å². The smallest absolute Gasteiger partial charge is 0.404 e. The Balaban J connectivity index is 1.99. The van der Waals surface area contributed by atoms with E-state index in [-0.39, 0.29) is 36.4 Å². The Hall–Kier alpha value is -3.25. The van der Waals surface area contributed by atoms with Crippen molar-refractivity contribution in [3.63, 3.8) is 0 Å². The third kappa shape index (κ3) is 10.6. The van der Waals surface area contributed by atoms with Gasteiger partial charge in [-0.3, -0.25) is 34.2 Å². The predicted molar refractivity (Wildman–Crippen MR) is 136 cm³/mol. The van der Waals surface area contributed by atoms with Gasteiger partial charge in [0.1, 0.15) is 17.8 Å². The van der Waals surface area contributed by atoms with Gasteiger partial charge in [0.25, 0.3) is 0 Å². The summed E-state index contributed by atoms with van der Waals surface area (Å²) in [6, 6.07) is 4.20. The van der Waals surface area contributed by atoms with Crippen molar-refractivity contribution in [1.82, 2.24) is 21.0 Å². The second-order valence-electron chi connectivity index (χ2n) is 9.29. The summed E-state index contributed by atoms with van der Waals surface area (Å²) >= 11 is 0. The Labute approximate surface area is 220 Å². The zero-order valence-electron chi connectivity index (χ0n) is 21.3. The van der Waals surface area contributed by atoms with E-state index in [1.54, 1.807) is 0 Å². The maximum atomic E-state index is 13.4. The molecule has 0 radical (unpaired) electrons. The van der Waals surface area contributed by atoms with E-state index in [1.165, 1.54) is 46.8 Å². The van der Waals surface area contributed by atoms with Crippen LogP contribution in [0.25, 0.3) is 6.08 Å². The molecule has 0 saturated carbocycles. The normalized spacial score (nSPS) is 16.4. The van der Waals surface area contributed by atoms with Crippen LogP contribution in [-0.2, 0) is 23.7 Å². The molecule has 2 rings (SSSR count). The van der Waals surface area contributed by atoms with Crippen molar-refractivity contribution < 1.29 is 43.3 Å². The average Bonchev–Trinajstić information content (AvgIpc) is 3.34. The van der Waals surface area contributed by atoms with Gasteiger partial charge in [-0.2, -0.15) is 0 Å². The molecular weight excluding hydrogens is 519 g/mol. The van der Waals surface area contributed by atoms with Crippen molar-refractivity contribution in [1.29, 1.82) is 0 Å². The summed E-state index contributed by atoms with van der Waals surface area (Å²) in [5, 5.41) is 14.0. The predicted octanol–water partition coefficient (Wildman–Crippen LogP) is 1.10. The minimum absolute atomic E-state index is 0.0256. The van der Waals surface area contributed by atoms with Crippen LogP contribution in [0, 0.1) is 5.92 Å². The standard InChI is InChI=1S/C24H35N4O9P/c1-16(2)15-19(26-21(29)12-9-17-7-10-18(11-8-17)37-38(34,35)36)24(32)28-14-4-5-20(28)23(31)25-13-3-6-22(30)27-33/h7-12,16,19-20,33H,3-6,13-15H2,1-2H3,(H,25,31)(H,26,29)(H,27,30)(H2,34,35,36)/b12-9+/t19-,20-/m0/s1. The van der Waals surface area contributed by atoms with Crippen molar-refractivity contribution in [2.45, 2.75) is 58.0 Å². The lowest BCUT2D eigenvalue weighted by Crippen LogP contribution is -2.53. The van der Waals surface area contributed by atoms with Gasteiger partial charge in [0.15, 0.2) is 0 Å². The van der Waals surface area contributed by atoms with Crippen LogP contribution < -0.4 is 20.6 Å². The summed E-state index contributed by atoms with van der Waals surface area (Å²) in [4.78, 5) is 69.0. The quantitative estimate of drug-likeness (QED) is 0.0680. The number of phosphoric acid groups is 1. The molecule has 1 aromatic rings. The molecule has 0 aromatic heterocycles. The van der Waals surface area contributed by atoms with Gasteiger partial charge in [-0.1, -0.05) is 26.0 Å². The Bertz CT molecular complexity index is 1060. The highest BCUT2D eigenvalue weighted by atomic mass is 31.2. The second-order valence-corrected chi connectivity index (χ2v) is 10.5. The first-order valence-electron chi connectivity index (χ1n) is 12.2. The van der Waals surface area contributed by atoms with E-state index < -0.39 is 31.7 Å². The first kappa shape index (κ1) is 31.0. The molecule has 1 aromatic carbocycles. The third-order valence-corrected chi connectivity index (χ3v) is 6.15. The molecule has 0 aliphatic carbocycles. The van der Waals surface area contributed by atoms with E-state index in [0.29, 0.717) is 37.8 Å². The van der Waals surface area contributed by atoms with E-state index in [0.717, 1.165) is 0 Å². The minimum Gasteiger partial charge on any atom is -0.404 e. The van der Waals surface area contributed by atoms with Gasteiger partial charge in [0.05, 0.1) is 0 Å². The molecule has 2 atom stereocenters. The van der Waals surface area contributed by atoms with Gasteiger partial charge in [-0.15, -0.1) is 0 Å². The molecule has 1 heterocycles. The number of hydrogen-bond acceptors (Lipinski definition) is 7. The average molecular weight is 555 g/mol. The van der Waals surface area contributed by atoms with Crippen molar-refractivity contribution in [2.75, 3.05) is 13.1 Å². The molecule has 4 amide bonds. The molecule has 1 saturated heterocycles. The number of amides is 4. The van der Waals surface area contributed by atoms with Crippen LogP contribution in [0.2, 0.25) is 0 Å². The highest BCUT2D eigenvalue weighted by Crippen LogP contribution is 2.37. The van der Waals surface area contributed by atoms with Crippen molar-refractivity contribution in [3.8, 4) is 5.75 Å². The maximum Gasteiger partial charge on any atom is 0.524 e. The van der Waals surface area contributed by atoms with Crippen LogP contribution in [0.15, 0.2) is 30.3 Å². The lowest BCUT2D eigenvalue weighted by molar-refractivity contribution is -0.141. The van der Waals surface area contributed by atoms with Crippen LogP contribution >= 0.6 is 7.82 Å². The number of carbonyl (C=O) groups is 4. The molecule has 210 valence electrons. The van der Waals surface area contributed by atoms with E-state index in [9.17, 15) is 23.7 Å². The highest BCUT2D eigenvalue weighted by molar-refractivity contribution is 7.46. The molecule has 0 unspecified atom stereocenters. The monoisotopic (exact) mass is 554 g/mol. The third-order valence-electron chi connectivity index (χ3n) is 5.70. The van der Waals surface area contributed by atoms with Gasteiger partial charge in [0.2, 0.25) is 23.6 Å². The summed E-state index contributed by atoms with van der Waals surface area (Å²) < 4.78 is 15.4. The number of benzene rings is 1. The molecule has 1 fully saturated rings.